The first-order valence-corrected chi connectivity index (χ1v) is 5.61. The van der Waals surface area contributed by atoms with Crippen LogP contribution in [0.25, 0.3) is 0 Å². The molecule has 13 heavy (non-hydrogen) atoms. The SMILES string of the molecule is CC(C)c1ccc([C@H](O)CBr)cc1. The normalized spacial score (nSPS) is 13.3. The highest BCUT2D eigenvalue weighted by Gasteiger charge is 2.05. The summed E-state index contributed by atoms with van der Waals surface area (Å²) in [5.41, 5.74) is 2.28. The Labute approximate surface area is 87.9 Å². The van der Waals surface area contributed by atoms with E-state index in [0.29, 0.717) is 11.2 Å². The number of benzene rings is 1. The van der Waals surface area contributed by atoms with E-state index in [1.807, 2.05) is 12.1 Å². The van der Waals surface area contributed by atoms with Gasteiger partial charge in [0.1, 0.15) is 0 Å². The van der Waals surface area contributed by atoms with Gasteiger partial charge in [0.05, 0.1) is 6.10 Å². The smallest absolute Gasteiger partial charge is 0.0886 e. The van der Waals surface area contributed by atoms with Crippen LogP contribution in [0, 0.1) is 0 Å². The molecule has 0 heterocycles. The van der Waals surface area contributed by atoms with Crippen LogP contribution in [0.2, 0.25) is 0 Å². The van der Waals surface area contributed by atoms with E-state index in [0.717, 1.165) is 5.56 Å². The molecule has 0 aliphatic carbocycles. The highest BCUT2D eigenvalue weighted by molar-refractivity contribution is 9.09. The van der Waals surface area contributed by atoms with Crippen LogP contribution < -0.4 is 0 Å². The van der Waals surface area contributed by atoms with Crippen LogP contribution in [-0.4, -0.2) is 10.4 Å². The summed E-state index contributed by atoms with van der Waals surface area (Å²) in [5.74, 6) is 0.551. The van der Waals surface area contributed by atoms with Gasteiger partial charge in [-0.25, -0.2) is 0 Å². The molecule has 0 unspecified atom stereocenters. The molecule has 0 aliphatic heterocycles. The quantitative estimate of drug-likeness (QED) is 0.808. The summed E-state index contributed by atoms with van der Waals surface area (Å²) in [6, 6.07) is 8.13. The summed E-state index contributed by atoms with van der Waals surface area (Å²) in [5, 5.41) is 10.1. The van der Waals surface area contributed by atoms with Crippen molar-refractivity contribution in [3.05, 3.63) is 35.4 Å². The first-order valence-electron chi connectivity index (χ1n) is 4.49. The number of hydrogen-bond donors (Lipinski definition) is 1. The predicted octanol–water partition coefficient (Wildman–Crippen LogP) is 3.24. The number of hydrogen-bond acceptors (Lipinski definition) is 1. The molecule has 0 amide bonds. The molecule has 0 fully saturated rings. The van der Waals surface area contributed by atoms with Crippen molar-refractivity contribution in [3.8, 4) is 0 Å². The Morgan fingerprint density at radius 3 is 2.00 bits per heavy atom. The fourth-order valence-electron chi connectivity index (χ4n) is 1.19. The molecule has 1 rings (SSSR count). The van der Waals surface area contributed by atoms with Crippen molar-refractivity contribution in [3.63, 3.8) is 0 Å². The fourth-order valence-corrected chi connectivity index (χ4v) is 1.57. The van der Waals surface area contributed by atoms with Gasteiger partial charge in [-0.2, -0.15) is 0 Å². The topological polar surface area (TPSA) is 20.2 Å². The molecule has 1 N–H and O–H groups in total. The van der Waals surface area contributed by atoms with Gasteiger partial charge in [0, 0.05) is 5.33 Å². The third-order valence-electron chi connectivity index (χ3n) is 2.13. The van der Waals surface area contributed by atoms with E-state index in [9.17, 15) is 5.11 Å². The minimum atomic E-state index is -0.388. The second-order valence-electron chi connectivity index (χ2n) is 3.49. The van der Waals surface area contributed by atoms with E-state index in [1.54, 1.807) is 0 Å². The van der Waals surface area contributed by atoms with E-state index in [1.165, 1.54) is 5.56 Å². The standard InChI is InChI=1S/C11H15BrO/c1-8(2)9-3-5-10(6-4-9)11(13)7-12/h3-6,8,11,13H,7H2,1-2H3/t11-/m1/s1. The monoisotopic (exact) mass is 242 g/mol. The van der Waals surface area contributed by atoms with Crippen molar-refractivity contribution in [2.45, 2.75) is 25.9 Å². The molecule has 1 nitrogen and oxygen atoms in total. The average molecular weight is 243 g/mol. The lowest BCUT2D eigenvalue weighted by Crippen LogP contribution is -1.98. The van der Waals surface area contributed by atoms with E-state index in [4.69, 9.17) is 0 Å². The largest absolute Gasteiger partial charge is 0.388 e. The Kier molecular flexibility index (Phi) is 3.94. The lowest BCUT2D eigenvalue weighted by molar-refractivity contribution is 0.205. The van der Waals surface area contributed by atoms with Gasteiger partial charge in [-0.05, 0) is 17.0 Å². The van der Waals surface area contributed by atoms with Gasteiger partial charge >= 0.3 is 0 Å². The first kappa shape index (κ1) is 10.7. The van der Waals surface area contributed by atoms with Gasteiger partial charge in [-0.1, -0.05) is 54.0 Å². The Morgan fingerprint density at radius 1 is 1.15 bits per heavy atom. The Balaban J connectivity index is 2.81. The van der Waals surface area contributed by atoms with E-state index in [-0.39, 0.29) is 6.10 Å². The maximum atomic E-state index is 9.51. The van der Waals surface area contributed by atoms with Gasteiger partial charge in [-0.15, -0.1) is 0 Å². The molecule has 0 saturated carbocycles. The van der Waals surface area contributed by atoms with Gasteiger partial charge in [0.15, 0.2) is 0 Å². The summed E-state index contributed by atoms with van der Waals surface area (Å²) < 4.78 is 0. The first-order chi connectivity index (χ1) is 6.15. The van der Waals surface area contributed by atoms with Crippen LogP contribution in [-0.2, 0) is 0 Å². The molecule has 2 heteroatoms. The minimum absolute atomic E-state index is 0.388. The van der Waals surface area contributed by atoms with E-state index in [2.05, 4.69) is 41.9 Å². The summed E-state index contributed by atoms with van der Waals surface area (Å²) in [4.78, 5) is 0. The number of aliphatic hydroxyl groups excluding tert-OH is 1. The molecule has 1 aromatic rings. The number of aliphatic hydroxyl groups is 1. The van der Waals surface area contributed by atoms with Crippen molar-refractivity contribution in [2.75, 3.05) is 5.33 Å². The van der Waals surface area contributed by atoms with Crippen molar-refractivity contribution < 1.29 is 5.11 Å². The highest BCUT2D eigenvalue weighted by atomic mass is 79.9. The van der Waals surface area contributed by atoms with Crippen molar-refractivity contribution in [2.24, 2.45) is 0 Å². The van der Waals surface area contributed by atoms with Crippen LogP contribution >= 0.6 is 15.9 Å². The molecule has 0 bridgehead atoms. The Morgan fingerprint density at radius 2 is 1.62 bits per heavy atom. The molecule has 0 aromatic heterocycles. The number of halogens is 1. The molecule has 0 radical (unpaired) electrons. The van der Waals surface area contributed by atoms with E-state index >= 15 is 0 Å². The molecule has 1 aromatic carbocycles. The second-order valence-corrected chi connectivity index (χ2v) is 4.14. The summed E-state index contributed by atoms with van der Waals surface area (Å²) in [6.45, 7) is 4.33. The molecule has 0 saturated heterocycles. The van der Waals surface area contributed by atoms with Gasteiger partial charge < -0.3 is 5.11 Å². The van der Waals surface area contributed by atoms with Gasteiger partial charge in [0.25, 0.3) is 0 Å². The van der Waals surface area contributed by atoms with Crippen LogP contribution in [0.5, 0.6) is 0 Å². The number of rotatable bonds is 3. The second kappa shape index (κ2) is 4.77. The maximum Gasteiger partial charge on any atom is 0.0886 e. The van der Waals surface area contributed by atoms with E-state index < -0.39 is 0 Å². The zero-order valence-electron chi connectivity index (χ0n) is 8.00. The molecular formula is C11H15BrO. The lowest BCUT2D eigenvalue weighted by atomic mass is 10.0. The Hall–Kier alpha value is -0.340. The molecule has 0 aliphatic rings. The third-order valence-corrected chi connectivity index (χ3v) is 2.75. The lowest BCUT2D eigenvalue weighted by Gasteiger charge is -2.09. The van der Waals surface area contributed by atoms with Crippen molar-refractivity contribution >= 4 is 15.9 Å². The fraction of sp³-hybridized carbons (Fsp3) is 0.455. The highest BCUT2D eigenvalue weighted by Crippen LogP contribution is 2.19. The molecule has 0 spiro atoms. The molecule has 1 atom stereocenters. The predicted molar refractivity (Wildman–Crippen MR) is 59.3 cm³/mol. The zero-order valence-corrected chi connectivity index (χ0v) is 9.58. The van der Waals surface area contributed by atoms with Gasteiger partial charge in [-0.3, -0.25) is 0 Å². The van der Waals surface area contributed by atoms with Crippen LogP contribution in [0.4, 0.5) is 0 Å². The van der Waals surface area contributed by atoms with Gasteiger partial charge in [0.2, 0.25) is 0 Å². The van der Waals surface area contributed by atoms with Crippen LogP contribution in [0.3, 0.4) is 0 Å². The van der Waals surface area contributed by atoms with Crippen LogP contribution in [0.1, 0.15) is 37.0 Å². The summed E-state index contributed by atoms with van der Waals surface area (Å²) in [7, 11) is 0. The number of alkyl halides is 1. The zero-order chi connectivity index (χ0) is 9.84. The molecule has 72 valence electrons. The average Bonchev–Trinajstić information content (AvgIpc) is 2.17. The maximum absolute atomic E-state index is 9.51. The minimum Gasteiger partial charge on any atom is -0.388 e. The van der Waals surface area contributed by atoms with Crippen molar-refractivity contribution in [1.82, 2.24) is 0 Å². The third kappa shape index (κ3) is 2.82. The Bertz CT molecular complexity index is 253. The van der Waals surface area contributed by atoms with Crippen molar-refractivity contribution in [1.29, 1.82) is 0 Å². The van der Waals surface area contributed by atoms with Crippen LogP contribution in [0.15, 0.2) is 24.3 Å². The molecular weight excluding hydrogens is 228 g/mol. The summed E-state index contributed by atoms with van der Waals surface area (Å²) >= 11 is 3.25. The summed E-state index contributed by atoms with van der Waals surface area (Å²) in [6.07, 6.45) is -0.388.